The highest BCUT2D eigenvalue weighted by Crippen LogP contribution is 2.21. The Labute approximate surface area is 144 Å². The molecule has 2 N–H and O–H groups in total. The van der Waals surface area contributed by atoms with Crippen LogP contribution in [0.4, 0.5) is 0 Å². The van der Waals surface area contributed by atoms with Gasteiger partial charge in [-0.15, -0.1) is 0 Å². The summed E-state index contributed by atoms with van der Waals surface area (Å²) in [6, 6.07) is 10.4. The van der Waals surface area contributed by atoms with Crippen molar-refractivity contribution in [2.75, 3.05) is 0 Å². The molecule has 0 saturated carbocycles. The zero-order valence-electron chi connectivity index (χ0n) is 12.8. The van der Waals surface area contributed by atoms with E-state index in [1.165, 1.54) is 0 Å². The maximum Gasteiger partial charge on any atom is 0.365 e. The number of amidine groups is 1. The number of hydrogen-bond donors (Lipinski definition) is 1. The molecule has 0 heterocycles. The van der Waals surface area contributed by atoms with Crippen LogP contribution in [0.3, 0.4) is 0 Å². The van der Waals surface area contributed by atoms with Crippen LogP contribution in [0.25, 0.3) is 0 Å². The summed E-state index contributed by atoms with van der Waals surface area (Å²) in [4.78, 5) is 16.8. The van der Waals surface area contributed by atoms with E-state index < -0.39 is 5.97 Å². The van der Waals surface area contributed by atoms with E-state index in [4.69, 9.17) is 33.8 Å². The Bertz CT molecular complexity index is 773. The van der Waals surface area contributed by atoms with Crippen LogP contribution in [0, 0.1) is 13.8 Å². The van der Waals surface area contributed by atoms with Crippen LogP contribution >= 0.6 is 23.2 Å². The van der Waals surface area contributed by atoms with Crippen molar-refractivity contribution < 1.29 is 9.63 Å². The zero-order valence-corrected chi connectivity index (χ0v) is 14.3. The van der Waals surface area contributed by atoms with Crippen molar-refractivity contribution >= 4 is 35.0 Å². The number of aryl methyl sites for hydroxylation is 2. The van der Waals surface area contributed by atoms with Gasteiger partial charge in [0.2, 0.25) is 0 Å². The third-order valence-corrected chi connectivity index (χ3v) is 3.96. The Kier molecular flexibility index (Phi) is 5.64. The molecule has 0 amide bonds. The van der Waals surface area contributed by atoms with E-state index >= 15 is 0 Å². The van der Waals surface area contributed by atoms with Gasteiger partial charge in [-0.25, -0.2) is 4.79 Å². The van der Waals surface area contributed by atoms with Crippen molar-refractivity contribution in [1.29, 1.82) is 0 Å². The minimum Gasteiger partial charge on any atom is -0.384 e. The lowest BCUT2D eigenvalue weighted by Crippen LogP contribution is -2.17. The predicted octanol–water partition coefficient (Wildman–Crippen LogP) is 4.28. The lowest BCUT2D eigenvalue weighted by atomic mass is 10.1. The lowest BCUT2D eigenvalue weighted by molar-refractivity contribution is 0.0514. The van der Waals surface area contributed by atoms with Crippen molar-refractivity contribution in [2.45, 2.75) is 20.3 Å². The van der Waals surface area contributed by atoms with Crippen LogP contribution in [0.1, 0.15) is 27.0 Å². The quantitative estimate of drug-likeness (QED) is 0.387. The van der Waals surface area contributed by atoms with Crippen LogP contribution in [-0.2, 0) is 11.3 Å². The maximum absolute atomic E-state index is 11.9. The van der Waals surface area contributed by atoms with Gasteiger partial charge in [0.1, 0.15) is 5.84 Å². The second-order valence-corrected chi connectivity index (χ2v) is 6.02. The normalized spacial score (nSPS) is 11.4. The molecule has 0 aliphatic heterocycles. The summed E-state index contributed by atoms with van der Waals surface area (Å²) >= 11 is 11.9. The van der Waals surface area contributed by atoms with Gasteiger partial charge in [-0.2, -0.15) is 0 Å². The van der Waals surface area contributed by atoms with Gasteiger partial charge in [-0.05, 0) is 54.8 Å². The van der Waals surface area contributed by atoms with Crippen molar-refractivity contribution in [3.8, 4) is 0 Å². The van der Waals surface area contributed by atoms with E-state index in [1.807, 2.05) is 19.9 Å². The van der Waals surface area contributed by atoms with Crippen LogP contribution in [0.15, 0.2) is 41.6 Å². The number of hydrogen-bond acceptors (Lipinski definition) is 3. The van der Waals surface area contributed by atoms with Crippen molar-refractivity contribution in [3.05, 3.63) is 68.7 Å². The number of nitrogens with zero attached hydrogens (tertiary/aromatic N) is 1. The number of nitrogens with two attached hydrogens (primary N) is 1. The van der Waals surface area contributed by atoms with Crippen molar-refractivity contribution in [2.24, 2.45) is 10.9 Å². The molecule has 0 saturated heterocycles. The van der Waals surface area contributed by atoms with Gasteiger partial charge in [0.15, 0.2) is 0 Å². The summed E-state index contributed by atoms with van der Waals surface area (Å²) in [5.74, 6) is -0.412. The SMILES string of the molecule is Cc1ccc(C(=O)ON=C(N)Cc2ccc(Cl)cc2Cl)cc1C. The molecule has 0 atom stereocenters. The smallest absolute Gasteiger partial charge is 0.365 e. The van der Waals surface area contributed by atoms with Crippen LogP contribution < -0.4 is 5.73 Å². The highest BCUT2D eigenvalue weighted by atomic mass is 35.5. The van der Waals surface area contributed by atoms with Gasteiger partial charge in [0.05, 0.1) is 5.56 Å². The fourth-order valence-corrected chi connectivity index (χ4v) is 2.39. The molecule has 0 fully saturated rings. The number of oxime groups is 1. The Morgan fingerprint density at radius 3 is 2.52 bits per heavy atom. The van der Waals surface area contributed by atoms with Gasteiger partial charge in [0.25, 0.3) is 0 Å². The fourth-order valence-electron chi connectivity index (χ4n) is 1.91. The van der Waals surface area contributed by atoms with Gasteiger partial charge < -0.3 is 10.6 Å². The third-order valence-electron chi connectivity index (χ3n) is 3.38. The average molecular weight is 351 g/mol. The van der Waals surface area contributed by atoms with E-state index in [1.54, 1.807) is 30.3 Å². The van der Waals surface area contributed by atoms with E-state index in [0.29, 0.717) is 15.6 Å². The molecule has 0 bridgehead atoms. The highest BCUT2D eigenvalue weighted by Gasteiger charge is 2.09. The molecule has 6 heteroatoms. The standard InChI is InChI=1S/C17H16Cl2N2O2/c1-10-3-4-13(7-11(10)2)17(22)23-21-16(20)8-12-5-6-14(18)9-15(12)19/h3-7,9H,8H2,1-2H3,(H2,20,21). The van der Waals surface area contributed by atoms with E-state index in [9.17, 15) is 4.79 Å². The molecule has 0 aliphatic rings. The van der Waals surface area contributed by atoms with Crippen molar-refractivity contribution in [3.63, 3.8) is 0 Å². The van der Waals surface area contributed by atoms with Crippen LogP contribution in [-0.4, -0.2) is 11.8 Å². The number of rotatable bonds is 4. The maximum atomic E-state index is 11.9. The number of carbonyl (C=O) groups excluding carboxylic acids is 1. The predicted molar refractivity (Wildman–Crippen MR) is 93.1 cm³/mol. The molecular weight excluding hydrogens is 335 g/mol. The van der Waals surface area contributed by atoms with Gasteiger partial charge in [-0.3, -0.25) is 0 Å². The molecule has 120 valence electrons. The Balaban J connectivity index is 2.03. The largest absolute Gasteiger partial charge is 0.384 e. The van der Waals surface area contributed by atoms with Crippen LogP contribution in [0.2, 0.25) is 10.0 Å². The first kappa shape index (κ1) is 17.3. The molecule has 2 rings (SSSR count). The van der Waals surface area contributed by atoms with Gasteiger partial charge in [-0.1, -0.05) is 40.5 Å². The first-order valence-corrected chi connectivity index (χ1v) is 7.67. The average Bonchev–Trinajstić information content (AvgIpc) is 2.50. The monoisotopic (exact) mass is 350 g/mol. The molecule has 4 nitrogen and oxygen atoms in total. The molecule has 0 radical (unpaired) electrons. The number of halogens is 2. The molecule has 2 aromatic rings. The highest BCUT2D eigenvalue weighted by molar-refractivity contribution is 6.35. The summed E-state index contributed by atoms with van der Waals surface area (Å²) < 4.78 is 0. The molecule has 0 aliphatic carbocycles. The molecule has 0 spiro atoms. The van der Waals surface area contributed by atoms with Crippen LogP contribution in [0.5, 0.6) is 0 Å². The molecule has 2 aromatic carbocycles. The Morgan fingerprint density at radius 1 is 1.13 bits per heavy atom. The summed E-state index contributed by atoms with van der Waals surface area (Å²) in [7, 11) is 0. The molecule has 23 heavy (non-hydrogen) atoms. The first-order chi connectivity index (χ1) is 10.9. The molecular formula is C17H16Cl2N2O2. The van der Waals surface area contributed by atoms with E-state index in [-0.39, 0.29) is 12.3 Å². The van der Waals surface area contributed by atoms with E-state index in [2.05, 4.69) is 5.16 Å². The van der Waals surface area contributed by atoms with E-state index in [0.717, 1.165) is 16.7 Å². The topological polar surface area (TPSA) is 64.7 Å². The zero-order chi connectivity index (χ0) is 17.0. The lowest BCUT2D eigenvalue weighted by Gasteiger charge is -2.05. The van der Waals surface area contributed by atoms with Gasteiger partial charge in [0, 0.05) is 16.5 Å². The number of carbonyl (C=O) groups is 1. The van der Waals surface area contributed by atoms with Gasteiger partial charge >= 0.3 is 5.97 Å². The summed E-state index contributed by atoms with van der Waals surface area (Å²) in [6.45, 7) is 3.89. The summed E-state index contributed by atoms with van der Waals surface area (Å²) in [5.41, 5.74) is 9.05. The molecule has 0 aromatic heterocycles. The second-order valence-electron chi connectivity index (χ2n) is 5.17. The fraction of sp³-hybridized carbons (Fsp3) is 0.176. The minimum absolute atomic E-state index is 0.145. The number of benzene rings is 2. The first-order valence-electron chi connectivity index (χ1n) is 6.91. The Hall–Kier alpha value is -2.04. The van der Waals surface area contributed by atoms with Crippen molar-refractivity contribution in [1.82, 2.24) is 0 Å². The second kappa shape index (κ2) is 7.49. The summed E-state index contributed by atoms with van der Waals surface area (Å²) in [6.07, 6.45) is 0.260. The molecule has 0 unspecified atom stereocenters. The summed E-state index contributed by atoms with van der Waals surface area (Å²) in [5, 5.41) is 4.68. The Morgan fingerprint density at radius 2 is 1.87 bits per heavy atom. The third kappa shape index (κ3) is 4.71. The minimum atomic E-state index is -0.557.